The molecule has 0 saturated carbocycles. The van der Waals surface area contributed by atoms with Crippen molar-refractivity contribution in [3.8, 4) is 0 Å². The molecule has 0 aliphatic rings. The minimum Gasteiger partial charge on any atom is -0.382 e. The molecule has 0 aromatic carbocycles. The molecule has 1 atom stereocenters. The minimum absolute atomic E-state index is 0.203. The average molecular weight is 319 g/mol. The van der Waals surface area contributed by atoms with Gasteiger partial charge in [0.25, 0.3) is 0 Å². The Morgan fingerprint density at radius 2 is 2.22 bits per heavy atom. The molecule has 0 fully saturated rings. The zero-order valence-corrected chi connectivity index (χ0v) is 13.0. The minimum atomic E-state index is 0.203. The van der Waals surface area contributed by atoms with E-state index in [0.717, 1.165) is 42.8 Å². The summed E-state index contributed by atoms with van der Waals surface area (Å²) in [6.07, 6.45) is 1.74. The third-order valence-corrected chi connectivity index (χ3v) is 3.97. The van der Waals surface area contributed by atoms with Crippen LogP contribution < -0.4 is 11.3 Å². The lowest BCUT2D eigenvalue weighted by Crippen LogP contribution is -2.38. The molecule has 0 bridgehead atoms. The Bertz CT molecular complexity index is 367. The molecule has 0 spiro atoms. The maximum atomic E-state index is 5.60. The smallest absolute Gasteiger partial charge is 0.0738 e. The Morgan fingerprint density at radius 1 is 1.50 bits per heavy atom. The van der Waals surface area contributed by atoms with Gasteiger partial charge >= 0.3 is 0 Å². The van der Waals surface area contributed by atoms with Gasteiger partial charge in [0.1, 0.15) is 0 Å². The highest BCUT2D eigenvalue weighted by Crippen LogP contribution is 2.22. The predicted molar refractivity (Wildman–Crippen MR) is 76.3 cm³/mol. The van der Waals surface area contributed by atoms with Crippen LogP contribution in [0.1, 0.15) is 31.7 Å². The first-order valence-corrected chi connectivity index (χ1v) is 7.18. The number of halogens is 1. The highest BCUT2D eigenvalue weighted by molar-refractivity contribution is 9.10. The van der Waals surface area contributed by atoms with Gasteiger partial charge in [0.05, 0.1) is 15.9 Å². The molecule has 0 amide bonds. The molecule has 0 saturated heterocycles. The molecule has 0 radical (unpaired) electrons. The number of rotatable bonds is 8. The van der Waals surface area contributed by atoms with E-state index in [4.69, 9.17) is 10.6 Å². The lowest BCUT2D eigenvalue weighted by molar-refractivity contribution is 0.136. The van der Waals surface area contributed by atoms with Crippen molar-refractivity contribution in [2.24, 2.45) is 5.84 Å². The molecule has 5 nitrogen and oxygen atoms in total. The van der Waals surface area contributed by atoms with Gasteiger partial charge in [-0.25, -0.2) is 0 Å². The molecule has 1 aromatic rings. The number of aromatic nitrogens is 2. The van der Waals surface area contributed by atoms with Gasteiger partial charge < -0.3 is 4.74 Å². The Balaban J connectivity index is 2.68. The largest absolute Gasteiger partial charge is 0.382 e. The Labute approximate surface area is 117 Å². The van der Waals surface area contributed by atoms with Crippen LogP contribution in [0.25, 0.3) is 0 Å². The van der Waals surface area contributed by atoms with E-state index in [-0.39, 0.29) is 6.04 Å². The second-order valence-corrected chi connectivity index (χ2v) is 5.01. The van der Waals surface area contributed by atoms with Crippen molar-refractivity contribution in [1.82, 2.24) is 15.2 Å². The zero-order chi connectivity index (χ0) is 13.5. The van der Waals surface area contributed by atoms with Crippen molar-refractivity contribution in [3.05, 3.63) is 15.9 Å². The highest BCUT2D eigenvalue weighted by atomic mass is 79.9. The van der Waals surface area contributed by atoms with Crippen LogP contribution in [0.2, 0.25) is 0 Å². The second kappa shape index (κ2) is 7.89. The quantitative estimate of drug-likeness (QED) is 0.435. The van der Waals surface area contributed by atoms with E-state index in [9.17, 15) is 0 Å². The average Bonchev–Trinajstić information content (AvgIpc) is 2.65. The fraction of sp³-hybridized carbons (Fsp3) is 0.750. The Kier molecular flexibility index (Phi) is 6.85. The molecular weight excluding hydrogens is 296 g/mol. The van der Waals surface area contributed by atoms with Gasteiger partial charge in [-0.1, -0.05) is 0 Å². The van der Waals surface area contributed by atoms with Gasteiger partial charge in [0.2, 0.25) is 0 Å². The molecule has 1 rings (SSSR count). The number of aryl methyl sites for hydroxylation is 2. The predicted octanol–water partition coefficient (Wildman–Crippen LogP) is 1.77. The van der Waals surface area contributed by atoms with E-state index in [2.05, 4.69) is 33.4 Å². The van der Waals surface area contributed by atoms with Crippen LogP contribution in [0, 0.1) is 6.92 Å². The maximum Gasteiger partial charge on any atom is 0.0738 e. The van der Waals surface area contributed by atoms with Crippen molar-refractivity contribution in [2.45, 2.75) is 46.2 Å². The molecule has 6 heteroatoms. The summed E-state index contributed by atoms with van der Waals surface area (Å²) < 4.78 is 8.47. The van der Waals surface area contributed by atoms with Crippen LogP contribution in [0.5, 0.6) is 0 Å². The second-order valence-electron chi connectivity index (χ2n) is 4.22. The molecule has 1 unspecified atom stereocenters. The van der Waals surface area contributed by atoms with Crippen LogP contribution in [0.3, 0.4) is 0 Å². The monoisotopic (exact) mass is 318 g/mol. The van der Waals surface area contributed by atoms with E-state index in [0.29, 0.717) is 0 Å². The molecule has 1 aromatic heterocycles. The number of nitrogens with zero attached hydrogens (tertiary/aromatic N) is 2. The van der Waals surface area contributed by atoms with Crippen LogP contribution in [-0.2, 0) is 17.7 Å². The zero-order valence-electron chi connectivity index (χ0n) is 11.4. The number of nitrogens with two attached hydrogens (primary N) is 1. The summed E-state index contributed by atoms with van der Waals surface area (Å²) in [5.41, 5.74) is 5.07. The Morgan fingerprint density at radius 3 is 2.78 bits per heavy atom. The van der Waals surface area contributed by atoms with Gasteiger partial charge in [-0.15, -0.1) is 0 Å². The maximum absolute atomic E-state index is 5.60. The van der Waals surface area contributed by atoms with Crippen LogP contribution in [-0.4, -0.2) is 29.0 Å². The summed E-state index contributed by atoms with van der Waals surface area (Å²) in [6, 6.07) is 0.203. The van der Waals surface area contributed by atoms with Crippen molar-refractivity contribution in [3.63, 3.8) is 0 Å². The fourth-order valence-electron chi connectivity index (χ4n) is 1.91. The van der Waals surface area contributed by atoms with Gasteiger partial charge in [-0.2, -0.15) is 5.10 Å². The molecular formula is C12H23BrN4O. The highest BCUT2D eigenvalue weighted by Gasteiger charge is 2.16. The molecule has 3 N–H and O–H groups in total. The first-order chi connectivity index (χ1) is 8.63. The van der Waals surface area contributed by atoms with Crippen LogP contribution in [0.4, 0.5) is 0 Å². The molecule has 0 aliphatic heterocycles. The van der Waals surface area contributed by atoms with E-state index >= 15 is 0 Å². The normalized spacial score (nSPS) is 12.9. The van der Waals surface area contributed by atoms with Gasteiger partial charge in [0, 0.05) is 32.2 Å². The summed E-state index contributed by atoms with van der Waals surface area (Å²) >= 11 is 3.60. The lowest BCUT2D eigenvalue weighted by atomic mass is 10.1. The number of hydrogen-bond donors (Lipinski definition) is 2. The summed E-state index contributed by atoms with van der Waals surface area (Å²) in [5, 5.41) is 4.48. The summed E-state index contributed by atoms with van der Waals surface area (Å²) in [7, 11) is 0. The van der Waals surface area contributed by atoms with Crippen molar-refractivity contribution >= 4 is 15.9 Å². The number of hydrogen-bond acceptors (Lipinski definition) is 4. The molecule has 0 aliphatic carbocycles. The molecule has 18 heavy (non-hydrogen) atoms. The van der Waals surface area contributed by atoms with Crippen molar-refractivity contribution < 1.29 is 4.74 Å². The Hall–Kier alpha value is -0.430. The summed E-state index contributed by atoms with van der Waals surface area (Å²) in [5.74, 6) is 5.60. The van der Waals surface area contributed by atoms with E-state index in [1.54, 1.807) is 0 Å². The molecule has 1 heterocycles. The third-order valence-electron chi connectivity index (χ3n) is 2.94. The van der Waals surface area contributed by atoms with Crippen LogP contribution in [0.15, 0.2) is 4.47 Å². The summed E-state index contributed by atoms with van der Waals surface area (Å²) in [4.78, 5) is 0. The van der Waals surface area contributed by atoms with Crippen molar-refractivity contribution in [2.75, 3.05) is 13.2 Å². The van der Waals surface area contributed by atoms with Gasteiger partial charge in [-0.05, 0) is 43.1 Å². The fourth-order valence-corrected chi connectivity index (χ4v) is 2.36. The first kappa shape index (κ1) is 15.6. The van der Waals surface area contributed by atoms with Gasteiger partial charge in [0.15, 0.2) is 0 Å². The number of nitrogens with one attached hydrogen (secondary N) is 1. The standard InChI is InChI=1S/C12H23BrN4O/c1-4-17-11(12(13)9(3)16-17)8-10(15-14)6-7-18-5-2/h10,15H,4-8,14H2,1-3H3. The summed E-state index contributed by atoms with van der Waals surface area (Å²) in [6.45, 7) is 8.43. The van der Waals surface area contributed by atoms with E-state index in [1.807, 2.05) is 18.5 Å². The molecule has 104 valence electrons. The van der Waals surface area contributed by atoms with Gasteiger partial charge in [-0.3, -0.25) is 16.0 Å². The number of hydrazine groups is 1. The van der Waals surface area contributed by atoms with Crippen LogP contribution >= 0.6 is 15.9 Å². The van der Waals surface area contributed by atoms with E-state index < -0.39 is 0 Å². The number of ether oxygens (including phenoxy) is 1. The van der Waals surface area contributed by atoms with E-state index in [1.165, 1.54) is 5.69 Å². The lowest BCUT2D eigenvalue weighted by Gasteiger charge is -2.16. The SMILES string of the molecule is CCOCCC(Cc1c(Br)c(C)nn1CC)NN. The third kappa shape index (κ3) is 4.05. The topological polar surface area (TPSA) is 65.1 Å². The van der Waals surface area contributed by atoms with Crippen molar-refractivity contribution in [1.29, 1.82) is 0 Å². The first-order valence-electron chi connectivity index (χ1n) is 6.39.